The molecule has 2 heterocycles. The Labute approximate surface area is 178 Å². The van der Waals surface area contributed by atoms with E-state index in [4.69, 9.17) is 4.74 Å². The summed E-state index contributed by atoms with van der Waals surface area (Å²) in [7, 11) is 0. The van der Waals surface area contributed by atoms with Gasteiger partial charge in [-0.3, -0.25) is 14.5 Å². The van der Waals surface area contributed by atoms with Gasteiger partial charge in [-0.2, -0.15) is 0 Å². The van der Waals surface area contributed by atoms with E-state index >= 15 is 0 Å². The lowest BCUT2D eigenvalue weighted by atomic mass is 9.62. The van der Waals surface area contributed by atoms with Gasteiger partial charge in [0.25, 0.3) is 0 Å². The lowest BCUT2D eigenvalue weighted by Crippen LogP contribution is -2.55. The van der Waals surface area contributed by atoms with Crippen molar-refractivity contribution in [1.29, 1.82) is 0 Å². The van der Waals surface area contributed by atoms with Gasteiger partial charge in [0, 0.05) is 18.4 Å². The Balaban J connectivity index is 1.74. The molecular formula is C24H33NO5. The average molecular weight is 416 g/mol. The number of aryl methyl sites for hydroxylation is 2. The molecule has 1 aromatic rings. The van der Waals surface area contributed by atoms with Crippen LogP contribution in [0.5, 0.6) is 5.75 Å². The van der Waals surface area contributed by atoms with Gasteiger partial charge in [-0.25, -0.2) is 0 Å². The molecular weight excluding hydrogens is 382 g/mol. The smallest absolute Gasteiger partial charge is 0.233 e. The molecule has 30 heavy (non-hydrogen) atoms. The summed E-state index contributed by atoms with van der Waals surface area (Å²) in [4.78, 5) is 27.6. The molecule has 6 atom stereocenters. The summed E-state index contributed by atoms with van der Waals surface area (Å²) < 4.78 is 6.34. The molecule has 3 aliphatic rings. The molecule has 164 valence electrons. The molecule has 6 nitrogen and oxygen atoms in total. The third-order valence-electron chi connectivity index (χ3n) is 7.51. The maximum atomic E-state index is 13.2. The lowest BCUT2D eigenvalue weighted by Gasteiger charge is -2.46. The summed E-state index contributed by atoms with van der Waals surface area (Å²) in [6.45, 7) is 10.2. The maximum absolute atomic E-state index is 13.2. The number of amides is 2. The van der Waals surface area contributed by atoms with Gasteiger partial charge in [0.05, 0.1) is 17.9 Å². The Bertz CT molecular complexity index is 857. The van der Waals surface area contributed by atoms with Crippen LogP contribution in [-0.4, -0.2) is 39.3 Å². The molecule has 0 radical (unpaired) electrons. The number of likely N-dealkylation sites (tertiary alicyclic amines) is 1. The maximum Gasteiger partial charge on any atom is 0.233 e. The number of phenolic OH excluding ortho intramolecular Hbond substituents is 1. The number of benzene rings is 1. The minimum absolute atomic E-state index is 0.0840. The first-order valence-corrected chi connectivity index (χ1v) is 11.2. The minimum Gasteiger partial charge on any atom is -0.507 e. The number of rotatable bonds is 4. The standard InChI is InChI=1S/C24H33NO5/c1-6-7-25-22(27)16-10-17(12(2)3)24(29)18(20(16)23(25)28)11-19(30-24)15-8-13(4)21(26)14(5)9-15/h8-9,12,16-20,26,29H,6-7,10-11H2,1-5H3/t16-,17+,18-,19-,20-,24+/m0/s1. The van der Waals surface area contributed by atoms with Gasteiger partial charge in [0.15, 0.2) is 5.79 Å². The summed E-state index contributed by atoms with van der Waals surface area (Å²) in [6.07, 6.45) is 1.32. The Kier molecular flexibility index (Phi) is 5.22. The summed E-state index contributed by atoms with van der Waals surface area (Å²) >= 11 is 0. The predicted octanol–water partition coefficient (Wildman–Crippen LogP) is 3.46. The summed E-state index contributed by atoms with van der Waals surface area (Å²) in [5.41, 5.74) is 2.41. The van der Waals surface area contributed by atoms with Gasteiger partial charge in [0.1, 0.15) is 5.75 Å². The third-order valence-corrected chi connectivity index (χ3v) is 7.51. The molecule has 0 aromatic heterocycles. The molecule has 6 heteroatoms. The number of aliphatic hydroxyl groups is 1. The van der Waals surface area contributed by atoms with Crippen LogP contribution in [0.25, 0.3) is 0 Å². The molecule has 2 amide bonds. The predicted molar refractivity (Wildman–Crippen MR) is 111 cm³/mol. The monoisotopic (exact) mass is 415 g/mol. The molecule has 1 aromatic carbocycles. The van der Waals surface area contributed by atoms with Crippen molar-refractivity contribution in [3.8, 4) is 5.75 Å². The number of carbonyl (C=O) groups excluding carboxylic acids is 2. The highest BCUT2D eigenvalue weighted by Gasteiger charge is 2.66. The number of carbonyl (C=O) groups is 2. The van der Waals surface area contributed by atoms with E-state index in [1.807, 2.05) is 46.8 Å². The van der Waals surface area contributed by atoms with Crippen LogP contribution in [0.3, 0.4) is 0 Å². The number of ether oxygens (including phenoxy) is 1. The minimum atomic E-state index is -1.43. The zero-order valence-electron chi connectivity index (χ0n) is 18.5. The molecule has 2 saturated heterocycles. The first-order valence-electron chi connectivity index (χ1n) is 11.2. The van der Waals surface area contributed by atoms with Gasteiger partial charge in [-0.1, -0.05) is 20.8 Å². The first-order chi connectivity index (χ1) is 14.1. The van der Waals surface area contributed by atoms with E-state index in [0.29, 0.717) is 19.4 Å². The van der Waals surface area contributed by atoms with Crippen molar-refractivity contribution in [2.45, 2.75) is 65.8 Å². The van der Waals surface area contributed by atoms with Crippen molar-refractivity contribution in [2.75, 3.05) is 6.54 Å². The summed E-state index contributed by atoms with van der Waals surface area (Å²) in [6, 6.07) is 3.78. The van der Waals surface area contributed by atoms with E-state index in [2.05, 4.69) is 0 Å². The molecule has 2 N–H and O–H groups in total. The van der Waals surface area contributed by atoms with Crippen LogP contribution in [0.15, 0.2) is 12.1 Å². The van der Waals surface area contributed by atoms with E-state index in [9.17, 15) is 19.8 Å². The molecule has 0 unspecified atom stereocenters. The molecule has 3 fully saturated rings. The fourth-order valence-corrected chi connectivity index (χ4v) is 6.06. The Morgan fingerprint density at radius 1 is 1.17 bits per heavy atom. The summed E-state index contributed by atoms with van der Waals surface area (Å²) in [5.74, 6) is -2.81. The largest absolute Gasteiger partial charge is 0.507 e. The average Bonchev–Trinajstić information content (AvgIpc) is 3.15. The SMILES string of the molecule is CCCN1C(=O)[C@H]2[C@H](C[C@H](C(C)C)[C@@]3(O)O[C@H](c4cc(C)c(O)c(C)c4)C[C@@H]23)C1=O. The van der Waals surface area contributed by atoms with E-state index < -0.39 is 17.6 Å². The Morgan fingerprint density at radius 3 is 2.37 bits per heavy atom. The quantitative estimate of drug-likeness (QED) is 0.736. The second-order valence-electron chi connectivity index (χ2n) is 9.75. The highest BCUT2D eigenvalue weighted by Crippen LogP contribution is 2.59. The fourth-order valence-electron chi connectivity index (χ4n) is 6.06. The fraction of sp³-hybridized carbons (Fsp3) is 0.667. The molecule has 1 aliphatic carbocycles. The molecule has 0 spiro atoms. The van der Waals surface area contributed by atoms with Crippen molar-refractivity contribution in [1.82, 2.24) is 4.90 Å². The Morgan fingerprint density at radius 2 is 1.80 bits per heavy atom. The van der Waals surface area contributed by atoms with E-state index in [0.717, 1.165) is 23.1 Å². The molecule has 1 saturated carbocycles. The first kappa shape index (κ1) is 21.3. The lowest BCUT2D eigenvalue weighted by molar-refractivity contribution is -0.276. The van der Waals surface area contributed by atoms with Crippen molar-refractivity contribution in [3.05, 3.63) is 28.8 Å². The highest BCUT2D eigenvalue weighted by molar-refractivity contribution is 6.05. The van der Waals surface area contributed by atoms with Gasteiger partial charge < -0.3 is 14.9 Å². The Hall–Kier alpha value is -1.92. The van der Waals surface area contributed by atoms with Crippen LogP contribution in [0, 0.1) is 43.4 Å². The van der Waals surface area contributed by atoms with Gasteiger partial charge >= 0.3 is 0 Å². The van der Waals surface area contributed by atoms with Crippen LogP contribution >= 0.6 is 0 Å². The molecule has 4 rings (SSSR count). The number of hydrogen-bond acceptors (Lipinski definition) is 5. The van der Waals surface area contributed by atoms with Gasteiger partial charge in [-0.05, 0) is 67.9 Å². The topological polar surface area (TPSA) is 87.1 Å². The number of nitrogens with zero attached hydrogens (tertiary/aromatic N) is 1. The van der Waals surface area contributed by atoms with Crippen molar-refractivity contribution >= 4 is 11.8 Å². The zero-order chi connectivity index (χ0) is 22.0. The van der Waals surface area contributed by atoms with Gasteiger partial charge in [-0.15, -0.1) is 0 Å². The number of hydrogen-bond donors (Lipinski definition) is 2. The third kappa shape index (κ3) is 2.99. The zero-order valence-corrected chi connectivity index (χ0v) is 18.5. The van der Waals surface area contributed by atoms with Crippen LogP contribution in [-0.2, 0) is 14.3 Å². The van der Waals surface area contributed by atoms with Crippen molar-refractivity contribution in [3.63, 3.8) is 0 Å². The van der Waals surface area contributed by atoms with Crippen LogP contribution in [0.4, 0.5) is 0 Å². The number of phenols is 1. The van der Waals surface area contributed by atoms with Crippen LogP contribution in [0.1, 0.15) is 62.8 Å². The highest BCUT2D eigenvalue weighted by atomic mass is 16.6. The molecule has 2 aliphatic heterocycles. The van der Waals surface area contributed by atoms with Crippen molar-refractivity contribution < 1.29 is 24.5 Å². The van der Waals surface area contributed by atoms with Gasteiger partial charge in [0.2, 0.25) is 11.8 Å². The normalized spacial score (nSPS) is 35.8. The van der Waals surface area contributed by atoms with Crippen LogP contribution < -0.4 is 0 Å². The number of fused-ring (bicyclic) bond motifs is 3. The number of aromatic hydroxyl groups is 1. The van der Waals surface area contributed by atoms with E-state index in [-0.39, 0.29) is 41.4 Å². The van der Waals surface area contributed by atoms with Crippen molar-refractivity contribution in [2.24, 2.45) is 29.6 Å². The van der Waals surface area contributed by atoms with E-state index in [1.165, 1.54) is 4.90 Å². The number of imide groups is 1. The van der Waals surface area contributed by atoms with Crippen LogP contribution in [0.2, 0.25) is 0 Å². The summed E-state index contributed by atoms with van der Waals surface area (Å²) in [5, 5.41) is 21.9. The molecule has 0 bridgehead atoms. The second kappa shape index (κ2) is 7.34. The second-order valence-corrected chi connectivity index (χ2v) is 9.75. The van der Waals surface area contributed by atoms with E-state index in [1.54, 1.807) is 0 Å².